The van der Waals surface area contributed by atoms with Gasteiger partial charge in [-0.3, -0.25) is 9.59 Å². The molecule has 0 radical (unpaired) electrons. The van der Waals surface area contributed by atoms with Gasteiger partial charge in [0.15, 0.2) is 5.60 Å². The lowest BCUT2D eigenvalue weighted by Gasteiger charge is -2.34. The van der Waals surface area contributed by atoms with Crippen molar-refractivity contribution in [1.29, 1.82) is 0 Å². The molecular weight excluding hydrogens is 438 g/mol. The van der Waals surface area contributed by atoms with E-state index in [-0.39, 0.29) is 16.9 Å². The van der Waals surface area contributed by atoms with Crippen molar-refractivity contribution < 1.29 is 19.8 Å². The van der Waals surface area contributed by atoms with E-state index in [9.17, 15) is 9.59 Å². The summed E-state index contributed by atoms with van der Waals surface area (Å²) < 4.78 is 0. The van der Waals surface area contributed by atoms with Crippen LogP contribution in [0.1, 0.15) is 104 Å². The maximum atomic E-state index is 12.6. The quantitative estimate of drug-likeness (QED) is 0.435. The highest BCUT2D eigenvalue weighted by Crippen LogP contribution is 2.40. The summed E-state index contributed by atoms with van der Waals surface area (Å²) in [7, 11) is 0. The lowest BCUT2D eigenvalue weighted by molar-refractivity contribution is -0.138. The second-order valence-corrected chi connectivity index (χ2v) is 10.5. The highest BCUT2D eigenvalue weighted by Gasteiger charge is 2.36. The summed E-state index contributed by atoms with van der Waals surface area (Å²) in [6, 6.07) is 11.8. The molecule has 3 rings (SSSR count). The summed E-state index contributed by atoms with van der Waals surface area (Å²) in [5, 5.41) is 20.3. The predicted octanol–water partition coefficient (Wildman–Crippen LogP) is 5.58. The number of carbonyl (C=O) groups is 2. The Hall–Kier alpha value is -2.66. The first-order valence-electron chi connectivity index (χ1n) is 13.0. The molecule has 1 atom stereocenters. The molecule has 1 amide bonds. The Morgan fingerprint density at radius 3 is 2.11 bits per heavy atom. The summed E-state index contributed by atoms with van der Waals surface area (Å²) >= 11 is 0. The third-order valence-electron chi connectivity index (χ3n) is 8.28. The first-order valence-corrected chi connectivity index (χ1v) is 13.0. The number of aliphatic carboxylic acids is 1. The van der Waals surface area contributed by atoms with Gasteiger partial charge in [-0.15, -0.1) is 0 Å². The molecule has 4 N–H and O–H groups in total. The van der Waals surface area contributed by atoms with Crippen LogP contribution in [0.3, 0.4) is 0 Å². The Balaban J connectivity index is 1.87. The average Bonchev–Trinajstić information content (AvgIpc) is 3.26. The highest BCUT2D eigenvalue weighted by atomic mass is 16.4. The van der Waals surface area contributed by atoms with Crippen LogP contribution in [0, 0.1) is 13.8 Å². The number of nitrogens with one attached hydrogen (secondary N) is 1. The first kappa shape index (κ1) is 26.9. The normalized spacial score (nSPS) is 16.2. The molecule has 0 aliphatic heterocycles. The maximum Gasteiger partial charge on any atom is 0.325 e. The molecule has 2 aromatic carbocycles. The molecule has 2 aromatic rings. The molecule has 35 heavy (non-hydrogen) atoms. The van der Waals surface area contributed by atoms with E-state index < -0.39 is 12.0 Å². The second kappa shape index (κ2) is 10.9. The largest absolute Gasteiger partial charge is 0.480 e. The van der Waals surface area contributed by atoms with Crippen LogP contribution in [-0.4, -0.2) is 33.7 Å². The molecule has 1 saturated carbocycles. The van der Waals surface area contributed by atoms with Crippen molar-refractivity contribution in [3.63, 3.8) is 0 Å². The number of carbonyl (C=O) groups excluding carboxylic acids is 1. The van der Waals surface area contributed by atoms with Crippen LogP contribution in [0.2, 0.25) is 0 Å². The fourth-order valence-corrected chi connectivity index (χ4v) is 5.74. The Morgan fingerprint density at radius 1 is 1.03 bits per heavy atom. The summed E-state index contributed by atoms with van der Waals surface area (Å²) in [5.41, 5.74) is 6.01. The van der Waals surface area contributed by atoms with E-state index in [0.29, 0.717) is 5.56 Å². The van der Waals surface area contributed by atoms with Crippen LogP contribution in [0.25, 0.3) is 0 Å². The van der Waals surface area contributed by atoms with Crippen LogP contribution >= 0.6 is 0 Å². The van der Waals surface area contributed by atoms with Gasteiger partial charge in [-0.05, 0) is 86.8 Å². The molecule has 0 aromatic heterocycles. The van der Waals surface area contributed by atoms with Crippen LogP contribution in [0.5, 0.6) is 0 Å². The number of carboxylic acid groups (broad SMARTS) is 1. The number of hydrogen-bond donors (Lipinski definition) is 2. The van der Waals surface area contributed by atoms with Crippen LogP contribution in [-0.2, 0) is 16.6 Å². The minimum Gasteiger partial charge on any atom is -0.480 e. The van der Waals surface area contributed by atoms with E-state index in [4.69, 9.17) is 10.2 Å². The van der Waals surface area contributed by atoms with E-state index in [1.165, 1.54) is 42.0 Å². The third kappa shape index (κ3) is 5.78. The smallest absolute Gasteiger partial charge is 0.325 e. The van der Waals surface area contributed by atoms with Crippen molar-refractivity contribution in [3.8, 4) is 0 Å². The number of benzene rings is 2. The van der Waals surface area contributed by atoms with Crippen molar-refractivity contribution in [3.05, 3.63) is 69.8 Å². The van der Waals surface area contributed by atoms with Crippen LogP contribution in [0.15, 0.2) is 36.4 Å². The zero-order valence-corrected chi connectivity index (χ0v) is 22.0. The lowest BCUT2D eigenvalue weighted by atomic mass is 9.69. The highest BCUT2D eigenvalue weighted by molar-refractivity contribution is 5.97. The van der Waals surface area contributed by atoms with Gasteiger partial charge in [-0.25, -0.2) is 0 Å². The Labute approximate surface area is 210 Å². The molecule has 1 aliphatic carbocycles. The van der Waals surface area contributed by atoms with Gasteiger partial charge in [0.05, 0.1) is 0 Å². The third-order valence-corrected chi connectivity index (χ3v) is 8.28. The van der Waals surface area contributed by atoms with Crippen molar-refractivity contribution in [2.45, 2.75) is 103 Å². The van der Waals surface area contributed by atoms with Gasteiger partial charge in [0.25, 0.3) is 5.91 Å². The second-order valence-electron chi connectivity index (χ2n) is 10.5. The van der Waals surface area contributed by atoms with Crippen LogP contribution < -0.4 is 5.32 Å². The Bertz CT molecular complexity index is 1060. The van der Waals surface area contributed by atoms with Gasteiger partial charge in [-0.1, -0.05) is 44.2 Å². The van der Waals surface area contributed by atoms with Gasteiger partial charge in [-0.2, -0.15) is 0 Å². The van der Waals surface area contributed by atoms with Crippen LogP contribution in [0.4, 0.5) is 0 Å². The number of amides is 1. The number of rotatable bonds is 10. The van der Waals surface area contributed by atoms with Gasteiger partial charge >= 0.3 is 5.97 Å². The van der Waals surface area contributed by atoms with Gasteiger partial charge in [0.1, 0.15) is 6.04 Å². The van der Waals surface area contributed by atoms with Gasteiger partial charge in [0, 0.05) is 30.2 Å². The van der Waals surface area contributed by atoms with Crippen molar-refractivity contribution >= 4 is 11.9 Å². The molecular formula is C30H42NO4+. The zero-order valence-electron chi connectivity index (χ0n) is 22.0. The molecule has 5 nitrogen and oxygen atoms in total. The van der Waals surface area contributed by atoms with Crippen molar-refractivity contribution in [1.82, 2.24) is 5.32 Å². The molecule has 5 heteroatoms. The minimum absolute atomic E-state index is 0.167. The number of aryl methyl sites for hydroxylation is 3. The Morgan fingerprint density at radius 2 is 1.60 bits per heavy atom. The monoisotopic (exact) mass is 480 g/mol. The predicted molar refractivity (Wildman–Crippen MR) is 141 cm³/mol. The van der Waals surface area contributed by atoms with E-state index in [1.54, 1.807) is 0 Å². The lowest BCUT2D eigenvalue weighted by Crippen LogP contribution is -2.38. The van der Waals surface area contributed by atoms with E-state index in [1.807, 2.05) is 19.1 Å². The van der Waals surface area contributed by atoms with Gasteiger partial charge in [0.2, 0.25) is 0 Å². The summed E-state index contributed by atoms with van der Waals surface area (Å²) in [6.45, 7) is 9.98. The molecule has 0 spiro atoms. The fraction of sp³-hybridized carbons (Fsp3) is 0.533. The summed E-state index contributed by atoms with van der Waals surface area (Å²) in [5.74, 6) is -1.42. The molecule has 1 aliphatic rings. The van der Waals surface area contributed by atoms with E-state index >= 15 is 0 Å². The standard InChI is InChI=1S/C30H41NO4/c1-6-30(7-2,25-12-13-26(21(4)19-25)27(32)31-22(5)28(33)34)24-11-10-23(20(3)18-24)14-17-29(35)15-8-9-16-29/h10-13,18-19,22,35H,6-9,14-17H2,1-5H3,(H,31,32)(H,33,34)/p+1. The molecule has 1 fully saturated rings. The number of carboxylic acids is 1. The van der Waals surface area contributed by atoms with Crippen molar-refractivity contribution in [2.75, 3.05) is 0 Å². The Kier molecular flexibility index (Phi) is 8.42. The maximum absolute atomic E-state index is 12.6. The van der Waals surface area contributed by atoms with E-state index in [2.05, 4.69) is 50.4 Å². The minimum atomic E-state index is -1.05. The van der Waals surface area contributed by atoms with Gasteiger partial charge < -0.3 is 15.5 Å². The average molecular weight is 481 g/mol. The molecule has 0 saturated heterocycles. The topological polar surface area (TPSA) is 89.3 Å². The number of hydrogen-bond acceptors (Lipinski definition) is 2. The van der Waals surface area contributed by atoms with Crippen molar-refractivity contribution in [2.24, 2.45) is 0 Å². The summed E-state index contributed by atoms with van der Waals surface area (Å²) in [4.78, 5) is 23.7. The fourth-order valence-electron chi connectivity index (χ4n) is 5.74. The van der Waals surface area contributed by atoms with E-state index in [0.717, 1.165) is 44.1 Å². The molecule has 1 unspecified atom stereocenters. The zero-order chi connectivity index (χ0) is 25.8. The molecule has 0 bridgehead atoms. The first-order chi connectivity index (χ1) is 16.5. The molecule has 0 heterocycles. The SMILES string of the molecule is CCC(CC)(c1ccc(CCC2([OH2+])CCCC2)c(C)c1)c1ccc(C(=O)NC(C)C(=O)O)c(C)c1. The summed E-state index contributed by atoms with van der Waals surface area (Å²) in [6.07, 6.45) is 8.19. The molecule has 190 valence electrons.